The van der Waals surface area contributed by atoms with E-state index in [2.05, 4.69) is 26.6 Å². The van der Waals surface area contributed by atoms with Gasteiger partial charge in [-0.3, -0.25) is 14.5 Å². The summed E-state index contributed by atoms with van der Waals surface area (Å²) >= 11 is 3.37. The van der Waals surface area contributed by atoms with E-state index in [0.717, 1.165) is 4.47 Å². The Balaban J connectivity index is 1.94. The maximum atomic E-state index is 12.5. The number of benzene rings is 2. The molecule has 6 nitrogen and oxygen atoms in total. The van der Waals surface area contributed by atoms with Gasteiger partial charge in [0.25, 0.3) is 0 Å². The number of methoxy groups -OCH3 is 1. The molecule has 2 rings (SSSR count). The lowest BCUT2D eigenvalue weighted by Gasteiger charge is -2.26. The predicted octanol–water partition coefficient (Wildman–Crippen LogP) is 3.75. The number of hydrogen-bond acceptors (Lipinski definition) is 4. The first kappa shape index (κ1) is 20.9. The largest absolute Gasteiger partial charge is 0.497 e. The van der Waals surface area contributed by atoms with Crippen LogP contribution in [0.4, 0.5) is 11.4 Å². The van der Waals surface area contributed by atoms with Crippen LogP contribution in [0.5, 0.6) is 5.75 Å². The minimum absolute atomic E-state index is 0.114. The Morgan fingerprint density at radius 1 is 1.11 bits per heavy atom. The van der Waals surface area contributed by atoms with Gasteiger partial charge >= 0.3 is 0 Å². The highest BCUT2D eigenvalue weighted by Crippen LogP contribution is 2.17. The van der Waals surface area contributed by atoms with Crippen molar-refractivity contribution in [3.63, 3.8) is 0 Å². The van der Waals surface area contributed by atoms with Crippen molar-refractivity contribution >= 4 is 39.1 Å². The number of carbonyl (C=O) groups excluding carboxylic acids is 2. The van der Waals surface area contributed by atoms with Crippen LogP contribution in [0, 0.1) is 0 Å². The Kier molecular flexibility index (Phi) is 7.82. The third-order valence-corrected chi connectivity index (χ3v) is 4.67. The number of anilines is 2. The summed E-state index contributed by atoms with van der Waals surface area (Å²) in [5.74, 6) is 0.323. The van der Waals surface area contributed by atoms with Crippen molar-refractivity contribution < 1.29 is 14.3 Å². The van der Waals surface area contributed by atoms with Crippen molar-refractivity contribution in [2.45, 2.75) is 19.9 Å². The van der Waals surface area contributed by atoms with Gasteiger partial charge in [-0.1, -0.05) is 28.9 Å². The molecule has 27 heavy (non-hydrogen) atoms. The van der Waals surface area contributed by atoms with Crippen LogP contribution < -0.4 is 15.4 Å². The molecule has 1 atom stereocenters. The van der Waals surface area contributed by atoms with E-state index in [1.165, 1.54) is 0 Å². The van der Waals surface area contributed by atoms with E-state index in [1.54, 1.807) is 32.2 Å². The van der Waals surface area contributed by atoms with Crippen LogP contribution in [-0.4, -0.2) is 43.0 Å². The highest BCUT2D eigenvalue weighted by Gasteiger charge is 2.22. The number of hydrogen-bond donors (Lipinski definition) is 2. The van der Waals surface area contributed by atoms with Crippen molar-refractivity contribution in [1.29, 1.82) is 0 Å². The minimum Gasteiger partial charge on any atom is -0.497 e. The average molecular weight is 434 g/mol. The highest BCUT2D eigenvalue weighted by atomic mass is 79.9. The average Bonchev–Trinajstić information content (AvgIpc) is 2.67. The van der Waals surface area contributed by atoms with E-state index in [1.807, 2.05) is 42.2 Å². The molecule has 0 radical (unpaired) electrons. The molecule has 0 saturated carbocycles. The molecule has 0 spiro atoms. The number of ether oxygens (including phenoxy) is 1. The molecule has 1 unspecified atom stereocenters. The quantitative estimate of drug-likeness (QED) is 0.664. The molecule has 7 heteroatoms. The smallest absolute Gasteiger partial charge is 0.241 e. The number of amides is 2. The lowest BCUT2D eigenvalue weighted by atomic mass is 10.2. The zero-order valence-corrected chi connectivity index (χ0v) is 17.2. The van der Waals surface area contributed by atoms with Gasteiger partial charge in [0.1, 0.15) is 5.75 Å². The first-order chi connectivity index (χ1) is 12.9. The van der Waals surface area contributed by atoms with Crippen LogP contribution in [0.3, 0.4) is 0 Å². The minimum atomic E-state index is -0.449. The SMILES string of the molecule is CCN(CC(=O)Nc1cccc(OC)c1)C(C)C(=O)Nc1ccc(Br)cc1. The molecule has 0 saturated heterocycles. The second-order valence-electron chi connectivity index (χ2n) is 6.02. The van der Waals surface area contributed by atoms with Gasteiger partial charge in [-0.05, 0) is 49.9 Å². The van der Waals surface area contributed by atoms with Gasteiger partial charge in [-0.25, -0.2) is 0 Å². The fourth-order valence-corrected chi connectivity index (χ4v) is 2.82. The number of rotatable bonds is 8. The van der Waals surface area contributed by atoms with Crippen LogP contribution in [0.2, 0.25) is 0 Å². The summed E-state index contributed by atoms with van der Waals surface area (Å²) in [5.41, 5.74) is 1.37. The van der Waals surface area contributed by atoms with Crippen molar-refractivity contribution in [1.82, 2.24) is 4.90 Å². The molecule has 0 fully saturated rings. The molecule has 2 amide bonds. The maximum Gasteiger partial charge on any atom is 0.241 e. The van der Waals surface area contributed by atoms with Crippen LogP contribution in [0.1, 0.15) is 13.8 Å². The molecule has 0 bridgehead atoms. The highest BCUT2D eigenvalue weighted by molar-refractivity contribution is 9.10. The molecular formula is C20H24BrN3O3. The van der Waals surface area contributed by atoms with E-state index in [4.69, 9.17) is 4.74 Å². The van der Waals surface area contributed by atoms with Crippen molar-refractivity contribution in [2.75, 3.05) is 30.8 Å². The number of carbonyl (C=O) groups is 2. The summed E-state index contributed by atoms with van der Waals surface area (Å²) in [6.07, 6.45) is 0. The van der Waals surface area contributed by atoms with Crippen molar-refractivity contribution in [3.05, 3.63) is 53.0 Å². The standard InChI is InChI=1S/C20H24BrN3O3/c1-4-24(13-19(25)22-17-6-5-7-18(12-17)27-3)14(2)20(26)23-16-10-8-15(21)9-11-16/h5-12,14H,4,13H2,1-3H3,(H,22,25)(H,23,26). The molecule has 2 N–H and O–H groups in total. The van der Waals surface area contributed by atoms with E-state index in [-0.39, 0.29) is 18.4 Å². The van der Waals surface area contributed by atoms with Crippen LogP contribution >= 0.6 is 15.9 Å². The molecule has 2 aromatic carbocycles. The summed E-state index contributed by atoms with van der Waals surface area (Å²) in [5, 5.41) is 5.71. The van der Waals surface area contributed by atoms with Crippen LogP contribution in [0.25, 0.3) is 0 Å². The van der Waals surface area contributed by atoms with Gasteiger partial charge in [0.2, 0.25) is 11.8 Å². The Morgan fingerprint density at radius 2 is 1.81 bits per heavy atom. The van der Waals surface area contributed by atoms with Gasteiger partial charge in [-0.2, -0.15) is 0 Å². The molecule has 2 aromatic rings. The molecule has 0 heterocycles. The van der Waals surface area contributed by atoms with Crippen molar-refractivity contribution in [3.8, 4) is 5.75 Å². The predicted molar refractivity (Wildman–Crippen MR) is 111 cm³/mol. The Labute approximate surface area is 168 Å². The number of halogens is 1. The Morgan fingerprint density at radius 3 is 2.44 bits per heavy atom. The van der Waals surface area contributed by atoms with Gasteiger partial charge < -0.3 is 15.4 Å². The number of nitrogens with one attached hydrogen (secondary N) is 2. The molecule has 0 aliphatic heterocycles. The molecule has 0 aliphatic carbocycles. The summed E-state index contributed by atoms with van der Waals surface area (Å²) in [4.78, 5) is 26.7. The topological polar surface area (TPSA) is 70.7 Å². The lowest BCUT2D eigenvalue weighted by molar-refractivity contribution is -0.123. The third-order valence-electron chi connectivity index (χ3n) is 4.15. The fourth-order valence-electron chi connectivity index (χ4n) is 2.55. The van der Waals surface area contributed by atoms with Crippen molar-refractivity contribution in [2.24, 2.45) is 0 Å². The number of nitrogens with zero attached hydrogens (tertiary/aromatic N) is 1. The Bertz CT molecular complexity index is 780. The lowest BCUT2D eigenvalue weighted by Crippen LogP contribution is -2.45. The second-order valence-corrected chi connectivity index (χ2v) is 6.93. The number of likely N-dealkylation sites (N-methyl/N-ethyl adjacent to an activating group) is 1. The molecule has 144 valence electrons. The first-order valence-corrected chi connectivity index (χ1v) is 9.46. The van der Waals surface area contributed by atoms with E-state index in [0.29, 0.717) is 23.7 Å². The summed E-state index contributed by atoms with van der Waals surface area (Å²) in [7, 11) is 1.57. The van der Waals surface area contributed by atoms with E-state index < -0.39 is 6.04 Å². The summed E-state index contributed by atoms with van der Waals surface area (Å²) in [6.45, 7) is 4.39. The summed E-state index contributed by atoms with van der Waals surface area (Å²) < 4.78 is 6.10. The van der Waals surface area contributed by atoms with Crippen LogP contribution in [-0.2, 0) is 9.59 Å². The van der Waals surface area contributed by atoms with E-state index >= 15 is 0 Å². The van der Waals surface area contributed by atoms with Crippen LogP contribution in [0.15, 0.2) is 53.0 Å². The molecular weight excluding hydrogens is 410 g/mol. The van der Waals surface area contributed by atoms with E-state index in [9.17, 15) is 9.59 Å². The summed E-state index contributed by atoms with van der Waals surface area (Å²) in [6, 6.07) is 14.1. The monoisotopic (exact) mass is 433 g/mol. The zero-order chi connectivity index (χ0) is 19.8. The molecule has 0 aliphatic rings. The second kappa shape index (κ2) is 10.1. The van der Waals surface area contributed by atoms with Gasteiger partial charge in [0.15, 0.2) is 0 Å². The maximum absolute atomic E-state index is 12.5. The zero-order valence-electron chi connectivity index (χ0n) is 15.7. The van der Waals surface area contributed by atoms with Gasteiger partial charge in [-0.15, -0.1) is 0 Å². The van der Waals surface area contributed by atoms with Gasteiger partial charge in [0, 0.05) is 21.9 Å². The molecule has 0 aromatic heterocycles. The normalized spacial score (nSPS) is 11.7. The third kappa shape index (κ3) is 6.37. The Hall–Kier alpha value is -2.38. The fraction of sp³-hybridized carbons (Fsp3) is 0.300. The first-order valence-electron chi connectivity index (χ1n) is 8.67. The van der Waals surface area contributed by atoms with Gasteiger partial charge in [0.05, 0.1) is 19.7 Å².